The van der Waals surface area contributed by atoms with Crippen LogP contribution in [0.5, 0.6) is 0 Å². The zero-order valence-corrected chi connectivity index (χ0v) is 23.7. The van der Waals surface area contributed by atoms with E-state index >= 15 is 0 Å². The Kier molecular flexibility index (Phi) is 9.22. The lowest BCUT2D eigenvalue weighted by Crippen LogP contribution is -2.48. The Morgan fingerprint density at radius 3 is 2.46 bits per heavy atom. The second-order valence-electron chi connectivity index (χ2n) is 9.53. The van der Waals surface area contributed by atoms with Crippen molar-refractivity contribution in [2.45, 2.75) is 39.8 Å². The van der Waals surface area contributed by atoms with Gasteiger partial charge < -0.3 is 10.0 Å². The lowest BCUT2D eigenvalue weighted by atomic mass is 10.0. The topological polar surface area (TPSA) is 110 Å². The molecule has 39 heavy (non-hydrogen) atoms. The van der Waals surface area contributed by atoms with Crippen LogP contribution in [0, 0.1) is 18.3 Å². The highest BCUT2D eigenvalue weighted by molar-refractivity contribution is 8.26. The number of nitrogens with zero attached hydrogens (tertiary/aromatic N) is 5. The SMILES string of the molecule is CCCn1c(N2CCN(Cc3ccccc3)CC2)c(C=C2SC(=S)N(CCC(=O)O)C2=O)c(C)c(C#N)c1=O. The fraction of sp³-hybridized carbons (Fsp3) is 0.393. The monoisotopic (exact) mass is 565 g/mol. The molecule has 0 spiro atoms. The third-order valence-corrected chi connectivity index (χ3v) is 8.29. The van der Waals surface area contributed by atoms with E-state index in [-0.39, 0.29) is 30.0 Å². The number of carboxylic acid groups (broad SMARTS) is 1. The number of hydrogen-bond donors (Lipinski definition) is 1. The van der Waals surface area contributed by atoms with Crippen molar-refractivity contribution < 1.29 is 14.7 Å². The number of thioether (sulfide) groups is 1. The Morgan fingerprint density at radius 2 is 1.85 bits per heavy atom. The standard InChI is InChI=1S/C28H31N5O4S2/c1-3-10-32-25(31-14-12-30(13-15-31)18-20-7-5-4-6-8-20)21(19(2)22(17-29)26(32)36)16-23-27(37)33(28(38)39-23)11-9-24(34)35/h4-8,16H,3,9-15,18H2,1-2H3,(H,34,35). The van der Waals surface area contributed by atoms with Gasteiger partial charge in [0.05, 0.1) is 11.3 Å². The van der Waals surface area contributed by atoms with E-state index in [0.717, 1.165) is 31.4 Å². The van der Waals surface area contributed by atoms with E-state index < -0.39 is 5.97 Å². The number of thiocarbonyl (C=S) groups is 1. The Balaban J connectivity index is 1.71. The van der Waals surface area contributed by atoms with Gasteiger partial charge in [-0.2, -0.15) is 5.26 Å². The molecule has 0 unspecified atom stereocenters. The largest absolute Gasteiger partial charge is 0.481 e. The van der Waals surface area contributed by atoms with E-state index in [1.807, 2.05) is 25.1 Å². The maximum atomic E-state index is 13.4. The minimum absolute atomic E-state index is 0.00860. The first-order valence-electron chi connectivity index (χ1n) is 12.9. The van der Waals surface area contributed by atoms with Crippen LogP contribution in [0.4, 0.5) is 5.82 Å². The molecule has 1 N–H and O–H groups in total. The minimum Gasteiger partial charge on any atom is -0.481 e. The van der Waals surface area contributed by atoms with Crippen LogP contribution in [0.2, 0.25) is 0 Å². The van der Waals surface area contributed by atoms with Crippen LogP contribution in [-0.2, 0) is 22.7 Å². The molecule has 1 amide bonds. The van der Waals surface area contributed by atoms with E-state index in [9.17, 15) is 19.6 Å². The summed E-state index contributed by atoms with van der Waals surface area (Å²) < 4.78 is 1.96. The summed E-state index contributed by atoms with van der Waals surface area (Å²) in [4.78, 5) is 43.8. The highest BCUT2D eigenvalue weighted by atomic mass is 32.2. The van der Waals surface area contributed by atoms with Crippen LogP contribution < -0.4 is 10.5 Å². The molecule has 2 fully saturated rings. The number of amides is 1. The number of rotatable bonds is 9. The molecular weight excluding hydrogens is 534 g/mol. The van der Waals surface area contributed by atoms with Crippen LogP contribution in [0.1, 0.15) is 42.0 Å². The van der Waals surface area contributed by atoms with Crippen LogP contribution in [0.25, 0.3) is 6.08 Å². The molecule has 2 saturated heterocycles. The molecule has 0 saturated carbocycles. The van der Waals surface area contributed by atoms with Crippen molar-refractivity contribution in [3.8, 4) is 6.07 Å². The van der Waals surface area contributed by atoms with Gasteiger partial charge in [-0.15, -0.1) is 0 Å². The van der Waals surface area contributed by atoms with Gasteiger partial charge in [0.1, 0.15) is 21.8 Å². The summed E-state index contributed by atoms with van der Waals surface area (Å²) in [5, 5.41) is 18.9. The van der Waals surface area contributed by atoms with Crippen LogP contribution in [-0.4, -0.2) is 68.4 Å². The van der Waals surface area contributed by atoms with Crippen molar-refractivity contribution in [3.63, 3.8) is 0 Å². The number of benzene rings is 1. The minimum atomic E-state index is -1.01. The Morgan fingerprint density at radius 1 is 1.15 bits per heavy atom. The summed E-state index contributed by atoms with van der Waals surface area (Å²) in [6.07, 6.45) is 2.20. The molecule has 204 valence electrons. The highest BCUT2D eigenvalue weighted by Gasteiger charge is 2.34. The summed E-state index contributed by atoms with van der Waals surface area (Å²) in [5.41, 5.74) is 2.14. The number of piperazine rings is 1. The van der Waals surface area contributed by atoms with Crippen LogP contribution >= 0.6 is 24.0 Å². The van der Waals surface area contributed by atoms with E-state index in [1.54, 1.807) is 17.6 Å². The summed E-state index contributed by atoms with van der Waals surface area (Å²) >= 11 is 6.48. The number of carboxylic acids is 1. The lowest BCUT2D eigenvalue weighted by Gasteiger charge is -2.38. The van der Waals surface area contributed by atoms with Gasteiger partial charge in [0.2, 0.25) is 0 Å². The molecule has 3 heterocycles. The van der Waals surface area contributed by atoms with E-state index in [2.05, 4.69) is 28.0 Å². The van der Waals surface area contributed by atoms with Gasteiger partial charge in [0, 0.05) is 51.4 Å². The fourth-order valence-corrected chi connectivity index (χ4v) is 6.20. The first kappa shape index (κ1) is 28.5. The molecule has 0 bridgehead atoms. The molecule has 0 aliphatic carbocycles. The number of aromatic nitrogens is 1. The highest BCUT2D eigenvalue weighted by Crippen LogP contribution is 2.36. The second kappa shape index (κ2) is 12.6. The normalized spacial score (nSPS) is 17.2. The number of nitriles is 1. The van der Waals surface area contributed by atoms with Crippen molar-refractivity contribution in [2.24, 2.45) is 0 Å². The van der Waals surface area contributed by atoms with Crippen LogP contribution in [0.15, 0.2) is 40.0 Å². The molecule has 0 atom stereocenters. The van der Waals surface area contributed by atoms with Gasteiger partial charge in [-0.05, 0) is 30.5 Å². The summed E-state index contributed by atoms with van der Waals surface area (Å²) in [5.74, 6) is -0.674. The number of carbonyl (C=O) groups excluding carboxylic acids is 1. The molecular formula is C28H31N5O4S2. The third-order valence-electron chi connectivity index (χ3n) is 6.91. The Labute approximate surface area is 237 Å². The van der Waals surface area contributed by atoms with Gasteiger partial charge in [0.15, 0.2) is 0 Å². The van der Waals surface area contributed by atoms with Crippen molar-refractivity contribution in [3.05, 3.63) is 67.8 Å². The number of pyridine rings is 1. The first-order valence-corrected chi connectivity index (χ1v) is 14.1. The summed E-state index contributed by atoms with van der Waals surface area (Å²) in [6, 6.07) is 12.4. The number of anilines is 1. The number of carbonyl (C=O) groups is 2. The number of aliphatic carboxylic acids is 1. The molecule has 2 aliphatic heterocycles. The molecule has 2 aromatic rings. The zero-order chi connectivity index (χ0) is 28.1. The van der Waals surface area contributed by atoms with Crippen molar-refractivity contribution in [1.82, 2.24) is 14.4 Å². The molecule has 11 heteroatoms. The maximum Gasteiger partial charge on any atom is 0.305 e. The average molecular weight is 566 g/mol. The van der Waals surface area contributed by atoms with E-state index in [1.165, 1.54) is 10.5 Å². The predicted octanol–water partition coefficient (Wildman–Crippen LogP) is 3.44. The van der Waals surface area contributed by atoms with Crippen molar-refractivity contribution in [1.29, 1.82) is 5.26 Å². The van der Waals surface area contributed by atoms with E-state index in [4.69, 9.17) is 17.3 Å². The van der Waals surface area contributed by atoms with Crippen molar-refractivity contribution in [2.75, 3.05) is 37.6 Å². The Bertz CT molecular complexity index is 1410. The molecule has 2 aliphatic rings. The van der Waals surface area contributed by atoms with Crippen LogP contribution in [0.3, 0.4) is 0 Å². The van der Waals surface area contributed by atoms with Crippen molar-refractivity contribution >= 4 is 52.1 Å². The molecule has 9 nitrogen and oxygen atoms in total. The fourth-order valence-electron chi connectivity index (χ4n) is 4.91. The predicted molar refractivity (Wildman–Crippen MR) is 157 cm³/mol. The first-order chi connectivity index (χ1) is 18.7. The van der Waals surface area contributed by atoms with Gasteiger partial charge >= 0.3 is 5.97 Å². The van der Waals surface area contributed by atoms with Gasteiger partial charge in [-0.25, -0.2) is 0 Å². The van der Waals surface area contributed by atoms with Gasteiger partial charge in [0.25, 0.3) is 11.5 Å². The summed E-state index contributed by atoms with van der Waals surface area (Å²) in [7, 11) is 0. The maximum absolute atomic E-state index is 13.4. The zero-order valence-electron chi connectivity index (χ0n) is 22.1. The summed E-state index contributed by atoms with van der Waals surface area (Å²) in [6.45, 7) is 7.95. The number of hydrogen-bond acceptors (Lipinski definition) is 8. The van der Waals surface area contributed by atoms with E-state index in [0.29, 0.717) is 52.2 Å². The molecule has 1 aromatic carbocycles. The molecule has 0 radical (unpaired) electrons. The smallest absolute Gasteiger partial charge is 0.305 e. The Hall–Kier alpha value is -3.46. The molecule has 4 rings (SSSR count). The average Bonchev–Trinajstić information content (AvgIpc) is 3.19. The lowest BCUT2D eigenvalue weighted by molar-refractivity contribution is -0.137. The quantitative estimate of drug-likeness (QED) is 0.361. The molecule has 1 aromatic heterocycles. The third kappa shape index (κ3) is 6.24. The second-order valence-corrected chi connectivity index (χ2v) is 11.2. The van der Waals surface area contributed by atoms with Gasteiger partial charge in [-0.1, -0.05) is 61.2 Å². The van der Waals surface area contributed by atoms with Gasteiger partial charge in [-0.3, -0.25) is 28.8 Å².